The van der Waals surface area contributed by atoms with Crippen molar-refractivity contribution < 1.29 is 0 Å². The SMILES string of the molecule is CCCC(C)N(C)C1(CN)CC(C)(C)CC1C. The van der Waals surface area contributed by atoms with Crippen LogP contribution in [0.2, 0.25) is 0 Å². The van der Waals surface area contributed by atoms with E-state index in [1.807, 2.05) is 0 Å². The van der Waals surface area contributed by atoms with Gasteiger partial charge in [0.25, 0.3) is 0 Å². The summed E-state index contributed by atoms with van der Waals surface area (Å²) in [5, 5.41) is 0. The quantitative estimate of drug-likeness (QED) is 0.799. The molecule has 0 aromatic carbocycles. The fourth-order valence-corrected chi connectivity index (χ4v) is 4.03. The Morgan fingerprint density at radius 3 is 2.35 bits per heavy atom. The molecule has 0 amide bonds. The molecule has 2 N–H and O–H groups in total. The van der Waals surface area contributed by atoms with Crippen molar-refractivity contribution >= 4 is 0 Å². The van der Waals surface area contributed by atoms with E-state index in [0.29, 0.717) is 17.4 Å². The first-order chi connectivity index (χ1) is 7.79. The van der Waals surface area contributed by atoms with Crippen molar-refractivity contribution in [2.24, 2.45) is 17.1 Å². The summed E-state index contributed by atoms with van der Waals surface area (Å²) < 4.78 is 0. The first-order valence-corrected chi connectivity index (χ1v) is 7.22. The van der Waals surface area contributed by atoms with Crippen LogP contribution in [0.1, 0.15) is 60.3 Å². The van der Waals surface area contributed by atoms with Crippen LogP contribution in [0, 0.1) is 11.3 Å². The average molecular weight is 240 g/mol. The lowest BCUT2D eigenvalue weighted by atomic mass is 9.83. The second-order valence-corrected chi connectivity index (χ2v) is 7.00. The van der Waals surface area contributed by atoms with E-state index in [9.17, 15) is 0 Å². The molecular weight excluding hydrogens is 208 g/mol. The summed E-state index contributed by atoms with van der Waals surface area (Å²) in [4.78, 5) is 2.58. The van der Waals surface area contributed by atoms with Gasteiger partial charge in [-0.05, 0) is 44.6 Å². The molecule has 3 unspecified atom stereocenters. The van der Waals surface area contributed by atoms with Crippen LogP contribution >= 0.6 is 0 Å². The number of hydrogen-bond acceptors (Lipinski definition) is 2. The Bertz CT molecular complexity index is 249. The third kappa shape index (κ3) is 2.85. The Morgan fingerprint density at radius 1 is 1.41 bits per heavy atom. The smallest absolute Gasteiger partial charge is 0.0362 e. The monoisotopic (exact) mass is 240 g/mol. The lowest BCUT2D eigenvalue weighted by Crippen LogP contribution is -2.57. The van der Waals surface area contributed by atoms with Crippen LogP contribution in [0.3, 0.4) is 0 Å². The maximum atomic E-state index is 6.17. The third-order valence-corrected chi connectivity index (χ3v) is 4.98. The van der Waals surface area contributed by atoms with Gasteiger partial charge in [0.05, 0.1) is 0 Å². The second-order valence-electron chi connectivity index (χ2n) is 7.00. The van der Waals surface area contributed by atoms with E-state index in [4.69, 9.17) is 5.73 Å². The van der Waals surface area contributed by atoms with Gasteiger partial charge >= 0.3 is 0 Å². The van der Waals surface area contributed by atoms with E-state index in [-0.39, 0.29) is 5.54 Å². The van der Waals surface area contributed by atoms with Crippen molar-refractivity contribution in [3.8, 4) is 0 Å². The van der Waals surface area contributed by atoms with E-state index in [2.05, 4.69) is 46.6 Å². The molecule has 1 aliphatic rings. The minimum atomic E-state index is 0.220. The Balaban J connectivity index is 2.89. The summed E-state index contributed by atoms with van der Waals surface area (Å²) in [7, 11) is 2.28. The molecule has 17 heavy (non-hydrogen) atoms. The van der Waals surface area contributed by atoms with Gasteiger partial charge < -0.3 is 5.73 Å². The predicted octanol–water partition coefficient (Wildman–Crippen LogP) is 3.26. The maximum Gasteiger partial charge on any atom is 0.0362 e. The molecule has 3 atom stereocenters. The van der Waals surface area contributed by atoms with E-state index < -0.39 is 0 Å². The van der Waals surface area contributed by atoms with Crippen molar-refractivity contribution in [2.45, 2.75) is 71.9 Å². The summed E-state index contributed by atoms with van der Waals surface area (Å²) in [6.07, 6.45) is 5.06. The van der Waals surface area contributed by atoms with Crippen LogP contribution in [0.4, 0.5) is 0 Å². The highest BCUT2D eigenvalue weighted by molar-refractivity contribution is 5.06. The topological polar surface area (TPSA) is 29.3 Å². The molecule has 1 saturated carbocycles. The number of likely N-dealkylation sites (N-methyl/N-ethyl adjacent to an activating group) is 1. The van der Waals surface area contributed by atoms with Gasteiger partial charge in [-0.1, -0.05) is 34.1 Å². The lowest BCUT2D eigenvalue weighted by Gasteiger charge is -2.45. The van der Waals surface area contributed by atoms with Crippen LogP contribution in [0.5, 0.6) is 0 Å². The minimum absolute atomic E-state index is 0.220. The molecule has 1 aliphatic carbocycles. The van der Waals surface area contributed by atoms with Gasteiger partial charge in [0.15, 0.2) is 0 Å². The predicted molar refractivity (Wildman–Crippen MR) is 76.1 cm³/mol. The Hall–Kier alpha value is -0.0800. The summed E-state index contributed by atoms with van der Waals surface area (Å²) in [5.41, 5.74) is 6.84. The minimum Gasteiger partial charge on any atom is -0.329 e. The molecular formula is C15H32N2. The van der Waals surface area contributed by atoms with Gasteiger partial charge in [0.1, 0.15) is 0 Å². The van der Waals surface area contributed by atoms with Crippen LogP contribution in [-0.4, -0.2) is 30.1 Å². The normalized spacial score (nSPS) is 34.2. The van der Waals surface area contributed by atoms with Gasteiger partial charge in [-0.3, -0.25) is 4.90 Å². The van der Waals surface area contributed by atoms with E-state index >= 15 is 0 Å². The Labute approximate surface area is 108 Å². The standard InChI is InChI=1S/C15H32N2/c1-7-8-13(3)17(6)15(11-16)10-14(4,5)9-12(15)2/h12-13H,7-11,16H2,1-6H3. The number of nitrogens with zero attached hydrogens (tertiary/aromatic N) is 1. The Kier molecular flexibility index (Phi) is 4.65. The fraction of sp³-hybridized carbons (Fsp3) is 1.00. The number of nitrogens with two attached hydrogens (primary N) is 1. The first-order valence-electron chi connectivity index (χ1n) is 7.22. The van der Waals surface area contributed by atoms with Crippen LogP contribution in [-0.2, 0) is 0 Å². The van der Waals surface area contributed by atoms with Crippen molar-refractivity contribution in [2.75, 3.05) is 13.6 Å². The highest BCUT2D eigenvalue weighted by Gasteiger charge is 2.50. The molecule has 0 bridgehead atoms. The summed E-state index contributed by atoms with van der Waals surface area (Å²) in [6.45, 7) is 12.6. The third-order valence-electron chi connectivity index (χ3n) is 4.98. The summed E-state index contributed by atoms with van der Waals surface area (Å²) in [6, 6.07) is 0.639. The zero-order valence-electron chi connectivity index (χ0n) is 12.7. The van der Waals surface area contributed by atoms with Crippen molar-refractivity contribution in [1.29, 1.82) is 0 Å². The van der Waals surface area contributed by atoms with Gasteiger partial charge in [-0.2, -0.15) is 0 Å². The Morgan fingerprint density at radius 2 is 2.00 bits per heavy atom. The molecule has 0 aliphatic heterocycles. The van der Waals surface area contributed by atoms with E-state index in [1.54, 1.807) is 0 Å². The van der Waals surface area contributed by atoms with E-state index in [0.717, 1.165) is 6.54 Å². The molecule has 1 rings (SSSR count). The molecule has 0 heterocycles. The van der Waals surface area contributed by atoms with E-state index in [1.165, 1.54) is 25.7 Å². The molecule has 102 valence electrons. The molecule has 0 saturated heterocycles. The van der Waals surface area contributed by atoms with Gasteiger partial charge in [-0.15, -0.1) is 0 Å². The molecule has 2 nitrogen and oxygen atoms in total. The fourth-order valence-electron chi connectivity index (χ4n) is 4.03. The molecule has 0 aromatic rings. The molecule has 0 aromatic heterocycles. The highest BCUT2D eigenvalue weighted by Crippen LogP contribution is 2.50. The zero-order valence-corrected chi connectivity index (χ0v) is 12.7. The van der Waals surface area contributed by atoms with Crippen LogP contribution < -0.4 is 5.73 Å². The largest absolute Gasteiger partial charge is 0.329 e. The molecule has 2 heteroatoms. The first kappa shape index (κ1) is 15.0. The average Bonchev–Trinajstić information content (AvgIpc) is 2.48. The maximum absolute atomic E-state index is 6.17. The van der Waals surface area contributed by atoms with Crippen molar-refractivity contribution in [3.63, 3.8) is 0 Å². The summed E-state index contributed by atoms with van der Waals surface area (Å²) in [5.74, 6) is 0.701. The second kappa shape index (κ2) is 5.27. The van der Waals surface area contributed by atoms with Gasteiger partial charge in [-0.25, -0.2) is 0 Å². The van der Waals surface area contributed by atoms with Crippen molar-refractivity contribution in [1.82, 2.24) is 4.90 Å². The number of rotatable bonds is 5. The molecule has 0 radical (unpaired) electrons. The molecule has 0 spiro atoms. The molecule has 1 fully saturated rings. The van der Waals surface area contributed by atoms with Gasteiger partial charge in [0, 0.05) is 18.1 Å². The number of hydrogen-bond donors (Lipinski definition) is 1. The van der Waals surface area contributed by atoms with Crippen molar-refractivity contribution in [3.05, 3.63) is 0 Å². The summed E-state index contributed by atoms with van der Waals surface area (Å²) >= 11 is 0. The lowest BCUT2D eigenvalue weighted by molar-refractivity contribution is 0.0476. The zero-order chi connectivity index (χ0) is 13.3. The van der Waals surface area contributed by atoms with Crippen LogP contribution in [0.25, 0.3) is 0 Å². The highest BCUT2D eigenvalue weighted by atomic mass is 15.2. The van der Waals surface area contributed by atoms with Gasteiger partial charge in [0.2, 0.25) is 0 Å². The van der Waals surface area contributed by atoms with Crippen LogP contribution in [0.15, 0.2) is 0 Å².